The van der Waals surface area contributed by atoms with E-state index in [2.05, 4.69) is 0 Å². The molecule has 1 aromatic rings. The van der Waals surface area contributed by atoms with E-state index in [9.17, 15) is 9.59 Å². The quantitative estimate of drug-likeness (QED) is 0.802. The SMILES string of the molecule is COc1cc2c(cc1OC)C(C(=O)Cl)=C(C(=O)Cl)CC2. The van der Waals surface area contributed by atoms with Gasteiger partial charge in [0, 0.05) is 11.1 Å². The van der Waals surface area contributed by atoms with Crippen LogP contribution < -0.4 is 9.47 Å². The van der Waals surface area contributed by atoms with Crippen molar-refractivity contribution in [2.75, 3.05) is 14.2 Å². The van der Waals surface area contributed by atoms with Crippen molar-refractivity contribution < 1.29 is 19.1 Å². The fourth-order valence-electron chi connectivity index (χ4n) is 2.33. The number of benzene rings is 1. The van der Waals surface area contributed by atoms with E-state index in [0.29, 0.717) is 29.9 Å². The number of halogens is 2. The van der Waals surface area contributed by atoms with Gasteiger partial charge >= 0.3 is 0 Å². The van der Waals surface area contributed by atoms with Gasteiger partial charge in [-0.2, -0.15) is 0 Å². The molecular formula is C14H12Cl2O4. The number of aryl methyl sites for hydroxylation is 1. The predicted molar refractivity (Wildman–Crippen MR) is 76.5 cm³/mol. The Morgan fingerprint density at radius 3 is 2.10 bits per heavy atom. The molecule has 0 unspecified atom stereocenters. The standard InChI is InChI=1S/C14H12Cl2O4/c1-19-10-5-7-3-4-8(13(15)17)12(14(16)18)9(7)6-11(10)20-2/h5-6H,3-4H2,1-2H3. The first-order valence-electron chi connectivity index (χ1n) is 5.87. The van der Waals surface area contributed by atoms with Gasteiger partial charge in [0.25, 0.3) is 5.24 Å². The van der Waals surface area contributed by atoms with E-state index < -0.39 is 10.5 Å². The summed E-state index contributed by atoms with van der Waals surface area (Å²) in [7, 11) is 3.02. The highest BCUT2D eigenvalue weighted by Crippen LogP contribution is 2.40. The number of fused-ring (bicyclic) bond motifs is 1. The largest absolute Gasteiger partial charge is 0.493 e. The number of carbonyl (C=O) groups excluding carboxylic acids is 2. The van der Waals surface area contributed by atoms with Crippen molar-refractivity contribution in [2.45, 2.75) is 12.8 Å². The van der Waals surface area contributed by atoms with Crippen molar-refractivity contribution in [3.8, 4) is 11.5 Å². The van der Waals surface area contributed by atoms with Crippen LogP contribution in [0.1, 0.15) is 17.5 Å². The Hall–Kier alpha value is -1.52. The van der Waals surface area contributed by atoms with Gasteiger partial charge in [-0.3, -0.25) is 9.59 Å². The zero-order valence-corrected chi connectivity index (χ0v) is 12.5. The molecule has 1 aliphatic carbocycles. The molecule has 0 saturated carbocycles. The second-order valence-corrected chi connectivity index (χ2v) is 4.95. The average molecular weight is 315 g/mol. The molecule has 0 bridgehead atoms. The molecule has 0 heterocycles. The van der Waals surface area contributed by atoms with Gasteiger partial charge in [-0.25, -0.2) is 0 Å². The molecule has 0 aromatic heterocycles. The molecule has 2 rings (SSSR count). The summed E-state index contributed by atoms with van der Waals surface area (Å²) >= 11 is 11.1. The summed E-state index contributed by atoms with van der Waals surface area (Å²) < 4.78 is 10.4. The molecule has 0 N–H and O–H groups in total. The minimum Gasteiger partial charge on any atom is -0.493 e. The van der Waals surface area contributed by atoms with Crippen molar-refractivity contribution >= 4 is 39.3 Å². The van der Waals surface area contributed by atoms with Crippen LogP contribution in [0.4, 0.5) is 0 Å². The van der Waals surface area contributed by atoms with Gasteiger partial charge in [-0.15, -0.1) is 0 Å². The van der Waals surface area contributed by atoms with E-state index in [4.69, 9.17) is 32.7 Å². The Balaban J connectivity index is 2.70. The molecule has 0 saturated heterocycles. The molecule has 0 amide bonds. The molecule has 1 aliphatic rings. The number of carbonyl (C=O) groups is 2. The van der Waals surface area contributed by atoms with E-state index in [1.54, 1.807) is 12.1 Å². The van der Waals surface area contributed by atoms with E-state index in [-0.39, 0.29) is 11.1 Å². The van der Waals surface area contributed by atoms with Gasteiger partial charge in [-0.1, -0.05) is 0 Å². The third kappa shape index (κ3) is 2.53. The lowest BCUT2D eigenvalue weighted by Gasteiger charge is -2.21. The normalized spacial score (nSPS) is 13.8. The van der Waals surface area contributed by atoms with E-state index >= 15 is 0 Å². The second-order valence-electron chi connectivity index (χ2n) is 4.27. The molecular weight excluding hydrogens is 303 g/mol. The summed E-state index contributed by atoms with van der Waals surface area (Å²) in [6, 6.07) is 3.42. The van der Waals surface area contributed by atoms with Crippen LogP contribution in [0.25, 0.3) is 5.57 Å². The summed E-state index contributed by atoms with van der Waals surface area (Å²) in [4.78, 5) is 23.1. The summed E-state index contributed by atoms with van der Waals surface area (Å²) in [5.41, 5.74) is 1.83. The molecule has 0 aliphatic heterocycles. The molecule has 0 atom stereocenters. The molecule has 0 fully saturated rings. The van der Waals surface area contributed by atoms with Crippen LogP contribution in [0.3, 0.4) is 0 Å². The number of hydrogen-bond acceptors (Lipinski definition) is 4. The minimum atomic E-state index is -0.706. The van der Waals surface area contributed by atoms with Crippen molar-refractivity contribution in [3.05, 3.63) is 28.8 Å². The maximum atomic E-state index is 11.7. The van der Waals surface area contributed by atoms with Crippen molar-refractivity contribution in [3.63, 3.8) is 0 Å². The molecule has 1 aromatic carbocycles. The monoisotopic (exact) mass is 314 g/mol. The van der Waals surface area contributed by atoms with Crippen LogP contribution in [0, 0.1) is 0 Å². The zero-order valence-electron chi connectivity index (χ0n) is 11.0. The van der Waals surface area contributed by atoms with Crippen LogP contribution in [-0.4, -0.2) is 24.7 Å². The van der Waals surface area contributed by atoms with Gasteiger partial charge in [0.2, 0.25) is 5.24 Å². The first-order valence-corrected chi connectivity index (χ1v) is 6.63. The predicted octanol–water partition coefficient (Wildman–Crippen LogP) is 2.93. The highest BCUT2D eigenvalue weighted by Gasteiger charge is 2.28. The fraction of sp³-hybridized carbons (Fsp3) is 0.286. The van der Waals surface area contributed by atoms with Gasteiger partial charge in [-0.05, 0) is 59.3 Å². The summed E-state index contributed by atoms with van der Waals surface area (Å²) in [5, 5.41) is -1.36. The number of rotatable bonds is 4. The zero-order chi connectivity index (χ0) is 14.9. The van der Waals surface area contributed by atoms with Crippen molar-refractivity contribution in [2.24, 2.45) is 0 Å². The van der Waals surface area contributed by atoms with Crippen LogP contribution in [0.15, 0.2) is 17.7 Å². The highest BCUT2D eigenvalue weighted by atomic mass is 35.5. The number of hydrogen-bond donors (Lipinski definition) is 0. The Morgan fingerprint density at radius 1 is 1.00 bits per heavy atom. The summed E-state index contributed by atoms with van der Waals surface area (Å²) in [5.74, 6) is 1.03. The first kappa shape index (κ1) is 14.9. The van der Waals surface area contributed by atoms with Gasteiger partial charge in [0.15, 0.2) is 11.5 Å². The number of ether oxygens (including phenoxy) is 2. The minimum absolute atomic E-state index is 0.147. The lowest BCUT2D eigenvalue weighted by molar-refractivity contribution is -0.110. The van der Waals surface area contributed by atoms with Crippen LogP contribution in [0.2, 0.25) is 0 Å². The molecule has 0 spiro atoms. The van der Waals surface area contributed by atoms with Gasteiger partial charge < -0.3 is 9.47 Å². The van der Waals surface area contributed by atoms with Crippen molar-refractivity contribution in [1.29, 1.82) is 0 Å². The Morgan fingerprint density at radius 2 is 1.60 bits per heavy atom. The Bertz CT molecular complexity index is 620. The fourth-order valence-corrected chi connectivity index (χ4v) is 2.73. The molecule has 6 heteroatoms. The van der Waals surface area contributed by atoms with E-state index in [1.165, 1.54) is 14.2 Å². The van der Waals surface area contributed by atoms with E-state index in [0.717, 1.165) is 5.56 Å². The Kier molecular flexibility index (Phi) is 4.35. The second kappa shape index (κ2) is 5.85. The third-order valence-corrected chi connectivity index (χ3v) is 3.68. The molecule has 4 nitrogen and oxygen atoms in total. The molecule has 20 heavy (non-hydrogen) atoms. The number of methoxy groups -OCH3 is 2. The number of allylic oxidation sites excluding steroid dienone is 2. The van der Waals surface area contributed by atoms with E-state index in [1.807, 2.05) is 0 Å². The lowest BCUT2D eigenvalue weighted by atomic mass is 9.86. The lowest BCUT2D eigenvalue weighted by Crippen LogP contribution is -2.13. The van der Waals surface area contributed by atoms with Crippen molar-refractivity contribution in [1.82, 2.24) is 0 Å². The Labute approximate surface area is 126 Å². The maximum Gasteiger partial charge on any atom is 0.253 e. The van der Waals surface area contributed by atoms with Gasteiger partial charge in [0.05, 0.1) is 14.2 Å². The summed E-state index contributed by atoms with van der Waals surface area (Å²) in [6.07, 6.45) is 0.954. The highest BCUT2D eigenvalue weighted by molar-refractivity contribution is 6.77. The topological polar surface area (TPSA) is 52.6 Å². The smallest absolute Gasteiger partial charge is 0.253 e. The first-order chi connectivity index (χ1) is 9.49. The average Bonchev–Trinajstić information content (AvgIpc) is 2.43. The molecule has 0 radical (unpaired) electrons. The van der Waals surface area contributed by atoms with Crippen LogP contribution in [0.5, 0.6) is 11.5 Å². The van der Waals surface area contributed by atoms with Crippen LogP contribution in [-0.2, 0) is 16.0 Å². The third-order valence-electron chi connectivity index (χ3n) is 3.26. The summed E-state index contributed by atoms with van der Waals surface area (Å²) in [6.45, 7) is 0. The maximum absolute atomic E-state index is 11.7. The van der Waals surface area contributed by atoms with Crippen LogP contribution >= 0.6 is 23.2 Å². The molecule has 106 valence electrons. The van der Waals surface area contributed by atoms with Gasteiger partial charge in [0.1, 0.15) is 0 Å².